The van der Waals surface area contributed by atoms with Crippen LogP contribution in [0.3, 0.4) is 0 Å². The number of fused-ring (bicyclic) bond motifs is 1. The summed E-state index contributed by atoms with van der Waals surface area (Å²) in [5.74, 6) is 2.42. The molecule has 1 aromatic rings. The van der Waals surface area contributed by atoms with Crippen molar-refractivity contribution in [2.45, 2.75) is 32.2 Å². The van der Waals surface area contributed by atoms with Crippen molar-refractivity contribution in [2.24, 2.45) is 4.99 Å². The lowest BCUT2D eigenvalue weighted by atomic mass is 10.2. The number of anilines is 1. The number of hydrogen-bond acceptors (Lipinski definition) is 4. The minimum Gasteiger partial charge on any atom is -0.490 e. The highest BCUT2D eigenvalue weighted by molar-refractivity contribution is 5.93. The van der Waals surface area contributed by atoms with E-state index in [-0.39, 0.29) is 0 Å². The minimum absolute atomic E-state index is 0.546. The summed E-state index contributed by atoms with van der Waals surface area (Å²) in [5, 5.41) is 6.68. The molecule has 1 fully saturated rings. The maximum atomic E-state index is 5.75. The second-order valence-corrected chi connectivity index (χ2v) is 6.33. The largest absolute Gasteiger partial charge is 0.490 e. The molecule has 1 aromatic carbocycles. The Kier molecular flexibility index (Phi) is 5.80. The van der Waals surface area contributed by atoms with Crippen LogP contribution in [0.1, 0.15) is 26.2 Å². The van der Waals surface area contributed by atoms with Gasteiger partial charge in [0.15, 0.2) is 17.5 Å². The molecular formula is C18H28N4O2. The van der Waals surface area contributed by atoms with Gasteiger partial charge in [-0.2, -0.15) is 0 Å². The summed E-state index contributed by atoms with van der Waals surface area (Å²) >= 11 is 0. The van der Waals surface area contributed by atoms with Gasteiger partial charge in [0.25, 0.3) is 0 Å². The fraction of sp³-hybridized carbons (Fsp3) is 0.611. The Balaban J connectivity index is 1.67. The monoisotopic (exact) mass is 332 g/mol. The van der Waals surface area contributed by atoms with Crippen molar-refractivity contribution in [1.29, 1.82) is 0 Å². The lowest BCUT2D eigenvalue weighted by Crippen LogP contribution is -2.33. The van der Waals surface area contributed by atoms with Gasteiger partial charge in [-0.1, -0.05) is 0 Å². The van der Waals surface area contributed by atoms with Gasteiger partial charge in [-0.15, -0.1) is 0 Å². The van der Waals surface area contributed by atoms with Crippen molar-refractivity contribution in [3.63, 3.8) is 0 Å². The average molecular weight is 332 g/mol. The molecule has 6 heteroatoms. The van der Waals surface area contributed by atoms with E-state index in [1.54, 1.807) is 0 Å². The third-order valence-corrected chi connectivity index (χ3v) is 4.49. The van der Waals surface area contributed by atoms with Crippen molar-refractivity contribution in [3.05, 3.63) is 18.2 Å². The molecule has 0 aromatic heterocycles. The molecule has 132 valence electrons. The topological polar surface area (TPSA) is 58.1 Å². The predicted molar refractivity (Wildman–Crippen MR) is 97.3 cm³/mol. The molecule has 1 atom stereocenters. The van der Waals surface area contributed by atoms with Gasteiger partial charge in [0.2, 0.25) is 0 Å². The Bertz CT molecular complexity index is 576. The highest BCUT2D eigenvalue weighted by Gasteiger charge is 2.20. The van der Waals surface area contributed by atoms with Crippen LogP contribution in [0.25, 0.3) is 0 Å². The first-order valence-corrected chi connectivity index (χ1v) is 8.91. The molecule has 0 aliphatic carbocycles. The van der Waals surface area contributed by atoms with Gasteiger partial charge >= 0.3 is 0 Å². The minimum atomic E-state index is 0.546. The van der Waals surface area contributed by atoms with E-state index in [1.807, 2.05) is 18.2 Å². The van der Waals surface area contributed by atoms with Crippen LogP contribution in [-0.2, 0) is 0 Å². The van der Waals surface area contributed by atoms with E-state index in [0.717, 1.165) is 42.7 Å². The normalized spacial score (nSPS) is 21.4. The van der Waals surface area contributed by atoms with Gasteiger partial charge in [0, 0.05) is 30.8 Å². The summed E-state index contributed by atoms with van der Waals surface area (Å²) in [6, 6.07) is 6.48. The van der Waals surface area contributed by atoms with E-state index in [1.165, 1.54) is 19.4 Å². The van der Waals surface area contributed by atoms with Crippen LogP contribution in [0.5, 0.6) is 11.5 Å². The number of likely N-dealkylation sites (N-methyl/N-ethyl adjacent to an activating group) is 1. The van der Waals surface area contributed by atoms with Crippen molar-refractivity contribution < 1.29 is 9.47 Å². The van der Waals surface area contributed by atoms with Crippen LogP contribution >= 0.6 is 0 Å². The van der Waals surface area contributed by atoms with E-state index >= 15 is 0 Å². The number of nitrogens with one attached hydrogen (secondary N) is 2. The third-order valence-electron chi connectivity index (χ3n) is 4.49. The van der Waals surface area contributed by atoms with Crippen LogP contribution < -0.4 is 20.1 Å². The second-order valence-electron chi connectivity index (χ2n) is 6.33. The molecule has 2 aliphatic rings. The van der Waals surface area contributed by atoms with E-state index < -0.39 is 0 Å². The molecule has 2 heterocycles. The standard InChI is InChI=1S/C18H28N4O2/c1-3-19-18(20-13-15-6-4-9-22(15)2)21-14-7-8-16-17(12-14)24-11-5-10-23-16/h7-8,12,15H,3-6,9-11,13H2,1-2H3,(H2,19,20,21). The third kappa shape index (κ3) is 4.32. The van der Waals surface area contributed by atoms with Gasteiger partial charge in [-0.05, 0) is 45.5 Å². The molecule has 6 nitrogen and oxygen atoms in total. The van der Waals surface area contributed by atoms with Gasteiger partial charge in [-0.25, -0.2) is 0 Å². The zero-order valence-electron chi connectivity index (χ0n) is 14.7. The molecule has 0 radical (unpaired) electrons. The lowest BCUT2D eigenvalue weighted by molar-refractivity contribution is 0.297. The summed E-state index contributed by atoms with van der Waals surface area (Å²) in [5.41, 5.74) is 0.957. The summed E-state index contributed by atoms with van der Waals surface area (Å²) in [6.45, 7) is 6.30. The number of guanidine groups is 1. The highest BCUT2D eigenvalue weighted by Crippen LogP contribution is 2.32. The number of benzene rings is 1. The fourth-order valence-electron chi connectivity index (χ4n) is 3.09. The number of likely N-dealkylation sites (tertiary alicyclic amines) is 1. The van der Waals surface area contributed by atoms with Crippen LogP contribution in [0.2, 0.25) is 0 Å². The Labute approximate surface area is 144 Å². The Morgan fingerprint density at radius 2 is 2.08 bits per heavy atom. The van der Waals surface area contributed by atoms with Crippen LogP contribution in [-0.4, -0.2) is 56.8 Å². The summed E-state index contributed by atoms with van der Waals surface area (Å²) in [7, 11) is 2.18. The number of hydrogen-bond donors (Lipinski definition) is 2. The molecule has 2 aliphatic heterocycles. The van der Waals surface area contributed by atoms with Crippen molar-refractivity contribution in [1.82, 2.24) is 10.2 Å². The molecule has 3 rings (SSSR count). The van der Waals surface area contributed by atoms with Crippen molar-refractivity contribution in [2.75, 3.05) is 45.2 Å². The molecular weight excluding hydrogens is 304 g/mol. The van der Waals surface area contributed by atoms with Gasteiger partial charge in [0.05, 0.1) is 19.8 Å². The summed E-state index contributed by atoms with van der Waals surface area (Å²) in [4.78, 5) is 7.14. The molecule has 24 heavy (non-hydrogen) atoms. The quantitative estimate of drug-likeness (QED) is 0.655. The van der Waals surface area contributed by atoms with Gasteiger partial charge < -0.3 is 25.0 Å². The Hall–Kier alpha value is -1.95. The molecule has 0 spiro atoms. The van der Waals surface area contributed by atoms with Gasteiger partial charge in [0.1, 0.15) is 0 Å². The Morgan fingerprint density at radius 3 is 2.83 bits per heavy atom. The Morgan fingerprint density at radius 1 is 1.25 bits per heavy atom. The SMILES string of the molecule is CCNC(=NCC1CCCN1C)Nc1ccc2c(c1)OCCCO2. The summed E-state index contributed by atoms with van der Waals surface area (Å²) in [6.07, 6.45) is 3.41. The van der Waals surface area contributed by atoms with Crippen molar-refractivity contribution >= 4 is 11.6 Å². The van der Waals surface area contributed by atoms with Crippen LogP contribution in [0.4, 0.5) is 5.69 Å². The lowest BCUT2D eigenvalue weighted by Gasteiger charge is -2.18. The summed E-state index contributed by atoms with van der Waals surface area (Å²) < 4.78 is 11.4. The van der Waals surface area contributed by atoms with E-state index in [0.29, 0.717) is 19.3 Å². The number of rotatable bonds is 4. The zero-order valence-corrected chi connectivity index (χ0v) is 14.7. The maximum Gasteiger partial charge on any atom is 0.195 e. The number of ether oxygens (including phenoxy) is 2. The molecule has 0 amide bonds. The fourth-order valence-corrected chi connectivity index (χ4v) is 3.09. The molecule has 1 unspecified atom stereocenters. The van der Waals surface area contributed by atoms with E-state index in [4.69, 9.17) is 14.5 Å². The molecule has 1 saturated heterocycles. The predicted octanol–water partition coefficient (Wildman–Crippen LogP) is 2.32. The second kappa shape index (κ2) is 8.24. The van der Waals surface area contributed by atoms with E-state index in [9.17, 15) is 0 Å². The zero-order chi connectivity index (χ0) is 16.8. The van der Waals surface area contributed by atoms with Gasteiger partial charge in [-0.3, -0.25) is 4.99 Å². The maximum absolute atomic E-state index is 5.75. The molecule has 0 saturated carbocycles. The first-order valence-electron chi connectivity index (χ1n) is 8.91. The molecule has 0 bridgehead atoms. The molecule has 2 N–H and O–H groups in total. The number of aliphatic imine (C=N–C) groups is 1. The average Bonchev–Trinajstić information content (AvgIpc) is 2.85. The highest BCUT2D eigenvalue weighted by atomic mass is 16.5. The first-order chi connectivity index (χ1) is 11.8. The van der Waals surface area contributed by atoms with Crippen LogP contribution in [0.15, 0.2) is 23.2 Å². The van der Waals surface area contributed by atoms with E-state index in [2.05, 4.69) is 29.5 Å². The smallest absolute Gasteiger partial charge is 0.195 e. The number of nitrogens with zero attached hydrogens (tertiary/aromatic N) is 2. The van der Waals surface area contributed by atoms with Crippen LogP contribution in [0, 0.1) is 0 Å². The van der Waals surface area contributed by atoms with Crippen molar-refractivity contribution in [3.8, 4) is 11.5 Å². The first kappa shape index (κ1) is 16.9.